The van der Waals surface area contributed by atoms with Crippen molar-refractivity contribution < 1.29 is 66.3 Å². The Morgan fingerprint density at radius 1 is 0.507 bits per heavy atom. The number of hydrogen-bond donors (Lipinski definition) is 2. The molecule has 75 heavy (non-hydrogen) atoms. The number of aromatic nitrogens is 4. The van der Waals surface area contributed by atoms with E-state index in [1.165, 1.54) is 21.6 Å². The Hall–Kier alpha value is -4.92. The van der Waals surface area contributed by atoms with Gasteiger partial charge in [0.1, 0.15) is 11.5 Å². The molecule has 13 heteroatoms. The number of benzene rings is 2. The average molecular weight is 1410 g/mol. The van der Waals surface area contributed by atoms with E-state index in [0.717, 1.165) is 127 Å². The first-order valence-electron chi connectivity index (χ1n) is 25.9. The molecule has 0 spiro atoms. The minimum atomic E-state index is -0.337. The summed E-state index contributed by atoms with van der Waals surface area (Å²) in [5, 5.41) is 24.4. The van der Waals surface area contributed by atoms with Crippen LogP contribution in [0.25, 0.3) is 85.1 Å². The number of nitrogens with zero attached hydrogens (tertiary/aromatic N) is 4. The maximum Gasteiger partial charge on any atom is 0.164 e. The van der Waals surface area contributed by atoms with Crippen LogP contribution >= 0.6 is 22.7 Å². The molecule has 7 heterocycles. The molecule has 0 saturated heterocycles. The topological polar surface area (TPSA) is 139 Å². The molecular formula is C62H70N4O5Pt2S2-2. The van der Waals surface area contributed by atoms with Gasteiger partial charge in [0.15, 0.2) is 11.6 Å². The van der Waals surface area contributed by atoms with Crippen LogP contribution in [0.4, 0.5) is 0 Å². The minimum Gasteiger partial charge on any atom is -0.545 e. The number of furan rings is 1. The third-order valence-electron chi connectivity index (χ3n) is 16.3. The summed E-state index contributed by atoms with van der Waals surface area (Å²) in [6.45, 7) is 24.2. The third kappa shape index (κ3) is 12.3. The fourth-order valence-electron chi connectivity index (χ4n) is 8.71. The Balaban J connectivity index is 0.000000245. The van der Waals surface area contributed by atoms with Crippen LogP contribution in [0.15, 0.2) is 114 Å². The molecule has 0 saturated carbocycles. The molecule has 9 aromatic rings. The van der Waals surface area contributed by atoms with E-state index in [1.54, 1.807) is 22.7 Å². The summed E-state index contributed by atoms with van der Waals surface area (Å²) in [5.74, 6) is 0.572. The van der Waals surface area contributed by atoms with Crippen LogP contribution in [0.2, 0.25) is 0 Å². The van der Waals surface area contributed by atoms with Gasteiger partial charge in [-0.3, -0.25) is 29.5 Å². The molecular weight excluding hydrogens is 1330 g/mol. The zero-order chi connectivity index (χ0) is 52.9. The van der Waals surface area contributed by atoms with Gasteiger partial charge in [-0.15, -0.1) is 59.1 Å². The van der Waals surface area contributed by atoms with E-state index in [1.807, 2.05) is 156 Å². The summed E-state index contributed by atoms with van der Waals surface area (Å²) < 4.78 is 11.2. The van der Waals surface area contributed by atoms with Crippen molar-refractivity contribution in [1.29, 1.82) is 0 Å². The Labute approximate surface area is 479 Å². The van der Waals surface area contributed by atoms with Crippen molar-refractivity contribution in [1.82, 2.24) is 19.9 Å². The van der Waals surface area contributed by atoms with Gasteiger partial charge in [0, 0.05) is 132 Å². The number of fused-ring (bicyclic) bond motifs is 9. The van der Waals surface area contributed by atoms with Gasteiger partial charge in [0.2, 0.25) is 0 Å². The molecule has 0 aliphatic rings. The molecule has 0 aliphatic heterocycles. The number of hydrogen-bond acceptors (Lipinski definition) is 11. The number of pyridine rings is 4. The normalized spacial score (nSPS) is 12.6. The van der Waals surface area contributed by atoms with E-state index >= 15 is 0 Å². The van der Waals surface area contributed by atoms with E-state index in [4.69, 9.17) is 14.4 Å². The average Bonchev–Trinajstić information content (AvgIpc) is 4.13. The van der Waals surface area contributed by atoms with E-state index in [2.05, 4.69) is 34.2 Å². The first-order valence-corrected chi connectivity index (χ1v) is 27.5. The number of carbonyl (C=O) groups is 2. The second-order valence-corrected chi connectivity index (χ2v) is 22.4. The summed E-state index contributed by atoms with van der Waals surface area (Å²) in [5.41, 5.74) is 5.50. The molecule has 0 radical (unpaired) electrons. The smallest absolute Gasteiger partial charge is 0.164 e. The maximum atomic E-state index is 12.2. The minimum absolute atomic E-state index is 0. The quantitative estimate of drug-likeness (QED) is 0.0550. The van der Waals surface area contributed by atoms with E-state index in [9.17, 15) is 19.8 Å². The van der Waals surface area contributed by atoms with Crippen molar-refractivity contribution in [2.24, 2.45) is 21.7 Å². The van der Waals surface area contributed by atoms with Gasteiger partial charge in [-0.2, -0.15) is 0 Å². The molecule has 9 rings (SSSR count). The zero-order valence-electron chi connectivity index (χ0n) is 45.3. The standard InChI is InChI=1S/C32H14N4OS2.2C15H28O2.2Pt/c1-3-17-18-4-2-6-20(24-8-10-28-30(36-24)22-16-34-14-12-26(22)39-28)32(18)37-31(17)19(5-1)23-7-9-27-29(35-23)21-15-33-13-11-25(21)38-27;2*1-7-14(5,8-2)12(16)11-13(17)15(6,9-3)10-4;;/h1-4,7-16H;2*11,16H,7-10H2,1-6H3;;/q-2;;;;/b;2*12-11-;;. The summed E-state index contributed by atoms with van der Waals surface area (Å²) >= 11 is 3.45. The number of ketones is 2. The van der Waals surface area contributed by atoms with Gasteiger partial charge in [0.25, 0.3) is 0 Å². The van der Waals surface area contributed by atoms with E-state index in [-0.39, 0.29) is 86.9 Å². The van der Waals surface area contributed by atoms with Gasteiger partial charge in [-0.05, 0) is 87.0 Å². The molecule has 0 unspecified atom stereocenters. The Morgan fingerprint density at radius 3 is 1.19 bits per heavy atom. The first-order chi connectivity index (χ1) is 34.9. The van der Waals surface area contributed by atoms with Crippen LogP contribution < -0.4 is 0 Å². The van der Waals surface area contributed by atoms with Crippen molar-refractivity contribution >= 4 is 96.8 Å². The Bertz CT molecular complexity index is 3270. The van der Waals surface area contributed by atoms with Gasteiger partial charge in [0.05, 0.1) is 20.4 Å². The Kier molecular flexibility index (Phi) is 20.7. The molecule has 402 valence electrons. The van der Waals surface area contributed by atoms with Gasteiger partial charge in [-0.1, -0.05) is 117 Å². The van der Waals surface area contributed by atoms with Crippen LogP contribution in [0.1, 0.15) is 134 Å². The number of carbonyl (C=O) groups excluding carboxylic acids is 2. The zero-order valence-corrected chi connectivity index (χ0v) is 51.4. The number of rotatable bonds is 16. The number of aliphatic hydroxyl groups is 2. The molecule has 9 nitrogen and oxygen atoms in total. The summed E-state index contributed by atoms with van der Waals surface area (Å²) in [7, 11) is 0. The van der Waals surface area contributed by atoms with Gasteiger partial charge < -0.3 is 14.6 Å². The first kappa shape index (κ1) is 60.9. The molecule has 0 atom stereocenters. The second kappa shape index (κ2) is 25.5. The van der Waals surface area contributed by atoms with Crippen molar-refractivity contribution in [2.45, 2.75) is 134 Å². The summed E-state index contributed by atoms with van der Waals surface area (Å²) in [6.07, 6.45) is 16.9. The molecule has 0 bridgehead atoms. The van der Waals surface area contributed by atoms with Crippen molar-refractivity contribution in [3.8, 4) is 22.5 Å². The molecule has 2 N–H and O–H groups in total. The van der Waals surface area contributed by atoms with Crippen LogP contribution in [-0.2, 0) is 51.7 Å². The van der Waals surface area contributed by atoms with Crippen molar-refractivity contribution in [3.05, 3.63) is 121 Å². The van der Waals surface area contributed by atoms with Crippen molar-refractivity contribution in [3.63, 3.8) is 0 Å². The largest absolute Gasteiger partial charge is 0.545 e. The Morgan fingerprint density at radius 2 is 0.853 bits per heavy atom. The molecule has 0 fully saturated rings. The van der Waals surface area contributed by atoms with Gasteiger partial charge in [-0.25, -0.2) is 0 Å². The van der Waals surface area contributed by atoms with Crippen LogP contribution in [0.5, 0.6) is 0 Å². The molecule has 0 aliphatic carbocycles. The SMILES string of the molecule is CCC(C)(CC)C(=O)/C=C(\O)C(C)(CC)CC.CCC(C)(CC)C(=O)/C=C(\O)C(C)(CC)CC.[Pt].[Pt].[c-]1ccc2c(oc3c(-c4ccc5sc6ccncc6c5n4)[c-]ccc32)c1-c1ccc2sc3ccncc3c2n1. The third-order valence-corrected chi connectivity index (χ3v) is 18.6. The van der Waals surface area contributed by atoms with E-state index < -0.39 is 0 Å². The predicted molar refractivity (Wildman–Crippen MR) is 305 cm³/mol. The number of allylic oxidation sites excluding steroid dienone is 4. The van der Waals surface area contributed by atoms with E-state index in [0.29, 0.717) is 0 Å². The molecule has 0 amide bonds. The fraction of sp³-hybridized carbons (Fsp3) is 0.387. The summed E-state index contributed by atoms with van der Waals surface area (Å²) in [6, 6.07) is 27.2. The van der Waals surface area contributed by atoms with Crippen LogP contribution in [-0.4, -0.2) is 41.7 Å². The molecule has 2 aromatic carbocycles. The number of aliphatic hydroxyl groups excluding tert-OH is 2. The second-order valence-electron chi connectivity index (χ2n) is 20.2. The van der Waals surface area contributed by atoms with Crippen LogP contribution in [0.3, 0.4) is 0 Å². The summed E-state index contributed by atoms with van der Waals surface area (Å²) in [4.78, 5) is 43.1. The van der Waals surface area contributed by atoms with Gasteiger partial charge >= 0.3 is 0 Å². The predicted octanol–water partition coefficient (Wildman–Crippen LogP) is 18.1. The monoisotopic (exact) mass is 1400 g/mol. The molecule has 7 aromatic heterocycles. The van der Waals surface area contributed by atoms with Crippen molar-refractivity contribution in [2.75, 3.05) is 0 Å². The number of thiophene rings is 2. The fourth-order valence-corrected chi connectivity index (χ4v) is 10.7. The maximum absolute atomic E-state index is 12.2. The van der Waals surface area contributed by atoms with Crippen LogP contribution in [0, 0.1) is 33.8 Å².